The quantitative estimate of drug-likeness (QED) is 0.393. The van der Waals surface area contributed by atoms with Gasteiger partial charge in [0.1, 0.15) is 0 Å². The van der Waals surface area contributed by atoms with Crippen LogP contribution in [0.25, 0.3) is 0 Å². The van der Waals surface area contributed by atoms with Crippen LogP contribution < -0.4 is 0 Å². The highest BCUT2D eigenvalue weighted by molar-refractivity contribution is 6.16. The molecule has 0 bridgehead atoms. The SMILES string of the molecule is C/C=C\C=C(/C)C(=O)C1=C(OC(C)C)C(=O)N(C)C1C1=CCC=C[C@H](C)C1. The molecule has 2 rings (SSSR count). The Morgan fingerprint density at radius 3 is 2.70 bits per heavy atom. The molecule has 1 aliphatic heterocycles. The van der Waals surface area contributed by atoms with Gasteiger partial charge in [-0.2, -0.15) is 0 Å². The molecule has 0 saturated heterocycles. The van der Waals surface area contributed by atoms with Crippen molar-refractivity contribution in [1.29, 1.82) is 0 Å². The summed E-state index contributed by atoms with van der Waals surface area (Å²) >= 11 is 0. The van der Waals surface area contributed by atoms with Crippen LogP contribution in [-0.4, -0.2) is 35.8 Å². The second-order valence-electron chi connectivity index (χ2n) is 7.56. The predicted octanol–water partition coefficient (Wildman–Crippen LogP) is 4.51. The van der Waals surface area contributed by atoms with E-state index in [1.807, 2.05) is 32.9 Å². The molecule has 0 N–H and O–H groups in total. The lowest BCUT2D eigenvalue weighted by molar-refractivity contribution is -0.129. The molecule has 1 heterocycles. The maximum Gasteiger partial charge on any atom is 0.289 e. The van der Waals surface area contributed by atoms with E-state index in [1.54, 1.807) is 24.9 Å². The minimum atomic E-state index is -0.366. The Morgan fingerprint density at radius 2 is 2.07 bits per heavy atom. The van der Waals surface area contributed by atoms with Crippen LogP contribution in [0, 0.1) is 5.92 Å². The Kier molecular flexibility index (Phi) is 7.00. The molecular weight excluding hydrogens is 338 g/mol. The van der Waals surface area contributed by atoms with Crippen LogP contribution in [0.15, 0.2) is 58.9 Å². The summed E-state index contributed by atoms with van der Waals surface area (Å²) < 4.78 is 5.84. The van der Waals surface area contributed by atoms with Gasteiger partial charge in [-0.3, -0.25) is 9.59 Å². The summed E-state index contributed by atoms with van der Waals surface area (Å²) in [5.74, 6) is 0.216. The number of likely N-dealkylation sites (N-methyl/N-ethyl adjacent to an activating group) is 1. The summed E-state index contributed by atoms with van der Waals surface area (Å²) in [6.07, 6.45) is 13.4. The fraction of sp³-hybridized carbons (Fsp3) is 0.478. The van der Waals surface area contributed by atoms with Gasteiger partial charge in [-0.25, -0.2) is 0 Å². The van der Waals surface area contributed by atoms with E-state index in [2.05, 4.69) is 25.2 Å². The summed E-state index contributed by atoms with van der Waals surface area (Å²) in [6.45, 7) is 9.58. The van der Waals surface area contributed by atoms with Gasteiger partial charge in [0.2, 0.25) is 0 Å². The number of carbonyl (C=O) groups is 2. The van der Waals surface area contributed by atoms with Crippen molar-refractivity contribution in [2.24, 2.45) is 5.92 Å². The first-order chi connectivity index (χ1) is 12.8. The highest BCUT2D eigenvalue weighted by atomic mass is 16.5. The van der Waals surface area contributed by atoms with E-state index in [4.69, 9.17) is 4.74 Å². The van der Waals surface area contributed by atoms with Crippen LogP contribution in [0.5, 0.6) is 0 Å². The van der Waals surface area contributed by atoms with Crippen molar-refractivity contribution in [3.8, 4) is 0 Å². The zero-order chi connectivity index (χ0) is 20.1. The Labute approximate surface area is 163 Å². The van der Waals surface area contributed by atoms with E-state index >= 15 is 0 Å². The Morgan fingerprint density at radius 1 is 1.37 bits per heavy atom. The summed E-state index contributed by atoms with van der Waals surface area (Å²) in [4.78, 5) is 27.9. The lowest BCUT2D eigenvalue weighted by Gasteiger charge is -2.26. The maximum absolute atomic E-state index is 13.3. The lowest BCUT2D eigenvalue weighted by atomic mass is 9.88. The number of allylic oxidation sites excluding steroid dienone is 7. The van der Waals surface area contributed by atoms with Crippen LogP contribution in [0.2, 0.25) is 0 Å². The summed E-state index contributed by atoms with van der Waals surface area (Å²) in [6, 6.07) is -0.366. The van der Waals surface area contributed by atoms with Crippen molar-refractivity contribution in [1.82, 2.24) is 4.90 Å². The first-order valence-electron chi connectivity index (χ1n) is 9.65. The molecule has 2 atom stereocenters. The molecule has 1 amide bonds. The van der Waals surface area contributed by atoms with Crippen molar-refractivity contribution in [2.75, 3.05) is 7.05 Å². The number of carbonyl (C=O) groups excluding carboxylic acids is 2. The molecule has 0 radical (unpaired) electrons. The van der Waals surface area contributed by atoms with Crippen LogP contribution in [-0.2, 0) is 14.3 Å². The third-order valence-corrected chi connectivity index (χ3v) is 4.80. The largest absolute Gasteiger partial charge is 0.485 e. The van der Waals surface area contributed by atoms with Crippen molar-refractivity contribution in [2.45, 2.75) is 59.6 Å². The fourth-order valence-corrected chi connectivity index (χ4v) is 3.53. The molecule has 0 fully saturated rings. The maximum atomic E-state index is 13.3. The molecule has 0 aromatic rings. The van der Waals surface area contributed by atoms with Gasteiger partial charge in [-0.05, 0) is 57.6 Å². The molecule has 0 saturated carbocycles. The molecule has 0 aromatic heterocycles. The molecule has 0 spiro atoms. The smallest absolute Gasteiger partial charge is 0.289 e. The monoisotopic (exact) mass is 369 g/mol. The second kappa shape index (κ2) is 9.03. The predicted molar refractivity (Wildman–Crippen MR) is 109 cm³/mol. The molecule has 27 heavy (non-hydrogen) atoms. The standard InChI is InChI=1S/C23H31NO3/c1-7-8-12-17(5)21(25)19-20(18-13-10-9-11-16(4)14-18)24(6)23(26)22(19)27-15(2)3/h7-9,11-13,15-16,20H,10,14H2,1-6H3/b8-7-,17-12+/t16-,20?/m0/s1. The summed E-state index contributed by atoms with van der Waals surface area (Å²) in [5, 5.41) is 0. The molecule has 2 aliphatic rings. The molecule has 1 aliphatic carbocycles. The van der Waals surface area contributed by atoms with Gasteiger partial charge in [-0.1, -0.05) is 43.4 Å². The zero-order valence-electron chi connectivity index (χ0n) is 17.3. The summed E-state index contributed by atoms with van der Waals surface area (Å²) in [7, 11) is 1.76. The second-order valence-corrected chi connectivity index (χ2v) is 7.56. The number of hydrogen-bond acceptors (Lipinski definition) is 3. The molecule has 146 valence electrons. The Balaban J connectivity index is 2.55. The van der Waals surface area contributed by atoms with Crippen LogP contribution >= 0.6 is 0 Å². The number of ether oxygens (including phenoxy) is 1. The van der Waals surface area contributed by atoms with Crippen molar-refractivity contribution >= 4 is 11.7 Å². The van der Waals surface area contributed by atoms with Crippen LogP contribution in [0.4, 0.5) is 0 Å². The van der Waals surface area contributed by atoms with Crippen LogP contribution in [0.1, 0.15) is 47.5 Å². The van der Waals surface area contributed by atoms with E-state index in [0.29, 0.717) is 17.1 Å². The third-order valence-electron chi connectivity index (χ3n) is 4.80. The summed E-state index contributed by atoms with van der Waals surface area (Å²) in [5.41, 5.74) is 2.17. The van der Waals surface area contributed by atoms with E-state index < -0.39 is 0 Å². The van der Waals surface area contributed by atoms with E-state index in [0.717, 1.165) is 18.4 Å². The van der Waals surface area contributed by atoms with Gasteiger partial charge in [0.05, 0.1) is 17.7 Å². The highest BCUT2D eigenvalue weighted by Crippen LogP contribution is 2.36. The van der Waals surface area contributed by atoms with Crippen molar-refractivity contribution in [3.63, 3.8) is 0 Å². The van der Waals surface area contributed by atoms with E-state index in [-0.39, 0.29) is 29.6 Å². The molecule has 0 aromatic carbocycles. The minimum absolute atomic E-state index is 0.128. The van der Waals surface area contributed by atoms with Gasteiger partial charge in [-0.15, -0.1) is 0 Å². The fourth-order valence-electron chi connectivity index (χ4n) is 3.53. The average Bonchev–Trinajstić information content (AvgIpc) is 2.77. The first-order valence-corrected chi connectivity index (χ1v) is 9.65. The topological polar surface area (TPSA) is 46.6 Å². The van der Waals surface area contributed by atoms with Gasteiger partial charge in [0.15, 0.2) is 11.5 Å². The van der Waals surface area contributed by atoms with Crippen LogP contribution in [0.3, 0.4) is 0 Å². The number of hydrogen-bond donors (Lipinski definition) is 0. The Bertz CT molecular complexity index is 750. The van der Waals surface area contributed by atoms with Crippen molar-refractivity contribution in [3.05, 3.63) is 58.9 Å². The molecule has 4 nitrogen and oxygen atoms in total. The number of rotatable bonds is 6. The average molecular weight is 370 g/mol. The molecule has 4 heteroatoms. The zero-order valence-corrected chi connectivity index (χ0v) is 17.3. The van der Waals surface area contributed by atoms with Crippen molar-refractivity contribution < 1.29 is 14.3 Å². The molecular formula is C23H31NO3. The lowest BCUT2D eigenvalue weighted by Crippen LogP contribution is -2.35. The van der Waals surface area contributed by atoms with E-state index in [9.17, 15) is 9.59 Å². The van der Waals surface area contributed by atoms with Gasteiger partial charge >= 0.3 is 0 Å². The van der Waals surface area contributed by atoms with E-state index in [1.165, 1.54) is 0 Å². The number of nitrogens with zero attached hydrogens (tertiary/aromatic N) is 1. The highest BCUT2D eigenvalue weighted by Gasteiger charge is 2.44. The van der Waals surface area contributed by atoms with Gasteiger partial charge < -0.3 is 9.64 Å². The number of amides is 1. The number of Topliss-reactive ketones (excluding diaryl/α,β-unsaturated/α-hetero) is 1. The molecule has 1 unspecified atom stereocenters. The number of ketones is 1. The minimum Gasteiger partial charge on any atom is -0.485 e. The Hall–Kier alpha value is -2.36. The van der Waals surface area contributed by atoms with Gasteiger partial charge in [0.25, 0.3) is 5.91 Å². The first kappa shape index (κ1) is 20.9. The van der Waals surface area contributed by atoms with Gasteiger partial charge in [0, 0.05) is 7.05 Å². The normalized spacial score (nSPS) is 24.1. The third kappa shape index (κ3) is 4.68.